The number of carbonyl (C=O) groups excluding carboxylic acids is 1. The van der Waals surface area contributed by atoms with Gasteiger partial charge in [-0.1, -0.05) is 17.7 Å². The van der Waals surface area contributed by atoms with Crippen molar-refractivity contribution < 1.29 is 13.2 Å². The zero-order valence-electron chi connectivity index (χ0n) is 12.5. The topological polar surface area (TPSA) is 66.5 Å². The molecule has 1 aromatic carbocycles. The van der Waals surface area contributed by atoms with Crippen LogP contribution in [-0.2, 0) is 10.0 Å². The third-order valence-electron chi connectivity index (χ3n) is 3.73. The Morgan fingerprint density at radius 2 is 2.14 bits per heavy atom. The molecule has 1 aliphatic heterocycles. The molecule has 0 aliphatic carbocycles. The highest BCUT2D eigenvalue weighted by molar-refractivity contribution is 7.88. The van der Waals surface area contributed by atoms with Crippen molar-refractivity contribution in [1.29, 1.82) is 0 Å². The van der Waals surface area contributed by atoms with Gasteiger partial charge in [0.15, 0.2) is 0 Å². The summed E-state index contributed by atoms with van der Waals surface area (Å²) in [5, 5.41) is 0. The molecule has 1 unspecified atom stereocenters. The first-order chi connectivity index (χ1) is 9.87. The van der Waals surface area contributed by atoms with E-state index in [-0.39, 0.29) is 18.5 Å². The number of hydrogen-bond donors (Lipinski definition) is 1. The highest BCUT2D eigenvalue weighted by Crippen LogP contribution is 2.20. The molecule has 0 aromatic heterocycles. The van der Waals surface area contributed by atoms with Gasteiger partial charge in [0, 0.05) is 24.7 Å². The van der Waals surface area contributed by atoms with Gasteiger partial charge in [0.2, 0.25) is 10.0 Å². The largest absolute Gasteiger partial charge is 0.334 e. The van der Waals surface area contributed by atoms with Crippen LogP contribution in [0.25, 0.3) is 0 Å². The minimum Gasteiger partial charge on any atom is -0.334 e. The third-order valence-corrected chi connectivity index (χ3v) is 4.43. The van der Waals surface area contributed by atoms with Crippen LogP contribution in [0, 0.1) is 6.92 Å². The molecule has 0 bridgehead atoms. The second kappa shape index (κ2) is 6.58. The van der Waals surface area contributed by atoms with E-state index in [0.29, 0.717) is 12.1 Å². The number of nitrogens with zero attached hydrogens (tertiary/aromatic N) is 1. The first kappa shape index (κ1) is 16.0. The summed E-state index contributed by atoms with van der Waals surface area (Å²) in [7, 11) is -3.23. The number of hydrogen-bond acceptors (Lipinski definition) is 3. The first-order valence-corrected chi connectivity index (χ1v) is 9.08. The van der Waals surface area contributed by atoms with Crippen LogP contribution in [-0.4, -0.2) is 44.6 Å². The number of piperidine rings is 1. The number of carbonyl (C=O) groups is 1. The second-order valence-corrected chi connectivity index (χ2v) is 7.47. The highest BCUT2D eigenvalue weighted by Gasteiger charge is 2.27. The molecule has 1 fully saturated rings. The van der Waals surface area contributed by atoms with Gasteiger partial charge in [0.1, 0.15) is 0 Å². The Balaban J connectivity index is 2.12. The normalized spacial score (nSPS) is 19.5. The molecule has 21 heavy (non-hydrogen) atoms. The summed E-state index contributed by atoms with van der Waals surface area (Å²) in [6, 6.07) is 7.44. The SMILES string of the molecule is Cc1cccc(C(=O)N2CCCCC2CNS(C)(=O)=O)c1. The summed E-state index contributed by atoms with van der Waals surface area (Å²) in [5.41, 5.74) is 1.71. The predicted molar refractivity (Wildman–Crippen MR) is 82.7 cm³/mol. The van der Waals surface area contributed by atoms with Crippen LogP contribution in [0.5, 0.6) is 0 Å². The van der Waals surface area contributed by atoms with E-state index in [2.05, 4.69) is 4.72 Å². The van der Waals surface area contributed by atoms with Gasteiger partial charge in [-0.05, 0) is 38.3 Å². The molecule has 0 spiro atoms. The molecule has 116 valence electrons. The maximum atomic E-state index is 12.6. The van der Waals surface area contributed by atoms with E-state index in [4.69, 9.17) is 0 Å². The van der Waals surface area contributed by atoms with Crippen molar-refractivity contribution >= 4 is 15.9 Å². The summed E-state index contributed by atoms with van der Waals surface area (Å²) in [6.45, 7) is 2.93. The Kier molecular flexibility index (Phi) is 5.00. The van der Waals surface area contributed by atoms with Crippen LogP contribution in [0.1, 0.15) is 35.2 Å². The van der Waals surface area contributed by atoms with Gasteiger partial charge in [0.05, 0.1) is 6.26 Å². The minimum absolute atomic E-state index is 0.0151. The predicted octanol–water partition coefficient (Wildman–Crippen LogP) is 1.54. The molecule has 2 rings (SSSR count). The van der Waals surface area contributed by atoms with Crippen LogP contribution in [0.15, 0.2) is 24.3 Å². The van der Waals surface area contributed by atoms with Crippen molar-refractivity contribution in [3.8, 4) is 0 Å². The van der Waals surface area contributed by atoms with Crippen molar-refractivity contribution in [2.24, 2.45) is 0 Å². The number of rotatable bonds is 4. The van der Waals surface area contributed by atoms with Crippen molar-refractivity contribution in [2.75, 3.05) is 19.3 Å². The minimum atomic E-state index is -3.23. The second-order valence-electron chi connectivity index (χ2n) is 5.64. The Labute approximate surface area is 126 Å². The first-order valence-electron chi connectivity index (χ1n) is 7.19. The fourth-order valence-electron chi connectivity index (χ4n) is 2.67. The summed E-state index contributed by atoms with van der Waals surface area (Å²) in [6.07, 6.45) is 3.96. The molecule has 1 N–H and O–H groups in total. The molecule has 0 radical (unpaired) electrons. The molecular weight excluding hydrogens is 288 g/mol. The fraction of sp³-hybridized carbons (Fsp3) is 0.533. The fourth-order valence-corrected chi connectivity index (χ4v) is 3.17. The molecule has 1 saturated heterocycles. The lowest BCUT2D eigenvalue weighted by Crippen LogP contribution is -2.49. The molecule has 1 aliphatic rings. The number of sulfonamides is 1. The highest BCUT2D eigenvalue weighted by atomic mass is 32.2. The molecule has 1 atom stereocenters. The van der Waals surface area contributed by atoms with Gasteiger partial charge in [0.25, 0.3) is 5.91 Å². The van der Waals surface area contributed by atoms with E-state index in [0.717, 1.165) is 31.1 Å². The standard InChI is InChI=1S/C15H22N2O3S/c1-12-6-5-7-13(10-12)15(18)17-9-4-3-8-14(17)11-16-21(2,19)20/h5-7,10,14,16H,3-4,8-9,11H2,1-2H3. The van der Waals surface area contributed by atoms with Crippen LogP contribution in [0.3, 0.4) is 0 Å². The maximum Gasteiger partial charge on any atom is 0.254 e. The van der Waals surface area contributed by atoms with Crippen LogP contribution in [0.2, 0.25) is 0 Å². The summed E-state index contributed by atoms with van der Waals surface area (Å²) in [5.74, 6) is -0.0151. The number of benzene rings is 1. The Morgan fingerprint density at radius 1 is 1.38 bits per heavy atom. The molecule has 1 amide bonds. The molecule has 1 aromatic rings. The molecule has 6 heteroatoms. The number of nitrogens with one attached hydrogen (secondary N) is 1. The third kappa shape index (κ3) is 4.54. The van der Waals surface area contributed by atoms with Crippen molar-refractivity contribution in [2.45, 2.75) is 32.2 Å². The van der Waals surface area contributed by atoms with Gasteiger partial charge >= 0.3 is 0 Å². The molecule has 1 heterocycles. The smallest absolute Gasteiger partial charge is 0.254 e. The van der Waals surface area contributed by atoms with Gasteiger partial charge in [-0.25, -0.2) is 13.1 Å². The van der Waals surface area contributed by atoms with E-state index in [1.165, 1.54) is 0 Å². The van der Waals surface area contributed by atoms with Crippen LogP contribution < -0.4 is 4.72 Å². The maximum absolute atomic E-state index is 12.6. The summed E-state index contributed by atoms with van der Waals surface area (Å²) in [4.78, 5) is 14.4. The average molecular weight is 310 g/mol. The zero-order chi connectivity index (χ0) is 15.5. The Morgan fingerprint density at radius 3 is 2.81 bits per heavy atom. The van der Waals surface area contributed by atoms with Gasteiger partial charge < -0.3 is 4.90 Å². The molecule has 5 nitrogen and oxygen atoms in total. The van der Waals surface area contributed by atoms with Gasteiger partial charge in [-0.15, -0.1) is 0 Å². The van der Waals surface area contributed by atoms with E-state index >= 15 is 0 Å². The van der Waals surface area contributed by atoms with Gasteiger partial charge in [-0.3, -0.25) is 4.79 Å². The lowest BCUT2D eigenvalue weighted by Gasteiger charge is -2.36. The lowest BCUT2D eigenvalue weighted by atomic mass is 10.0. The lowest BCUT2D eigenvalue weighted by molar-refractivity contribution is 0.0618. The van der Waals surface area contributed by atoms with Crippen LogP contribution >= 0.6 is 0 Å². The number of amides is 1. The van der Waals surface area contributed by atoms with E-state index in [9.17, 15) is 13.2 Å². The van der Waals surface area contributed by atoms with Crippen molar-refractivity contribution in [1.82, 2.24) is 9.62 Å². The van der Waals surface area contributed by atoms with E-state index in [1.54, 1.807) is 4.90 Å². The monoisotopic (exact) mass is 310 g/mol. The van der Waals surface area contributed by atoms with Crippen LogP contribution in [0.4, 0.5) is 0 Å². The van der Waals surface area contributed by atoms with E-state index < -0.39 is 10.0 Å². The quantitative estimate of drug-likeness (QED) is 0.917. The molecular formula is C15H22N2O3S. The Bertz CT molecular complexity index is 613. The van der Waals surface area contributed by atoms with Crippen molar-refractivity contribution in [3.05, 3.63) is 35.4 Å². The number of likely N-dealkylation sites (tertiary alicyclic amines) is 1. The average Bonchev–Trinajstić information content (AvgIpc) is 2.44. The Hall–Kier alpha value is -1.40. The van der Waals surface area contributed by atoms with E-state index in [1.807, 2.05) is 31.2 Å². The van der Waals surface area contributed by atoms with Crippen molar-refractivity contribution in [3.63, 3.8) is 0 Å². The number of aryl methyl sites for hydroxylation is 1. The zero-order valence-corrected chi connectivity index (χ0v) is 13.3. The summed E-state index contributed by atoms with van der Waals surface area (Å²) >= 11 is 0. The summed E-state index contributed by atoms with van der Waals surface area (Å²) < 4.78 is 25.0. The van der Waals surface area contributed by atoms with Gasteiger partial charge in [-0.2, -0.15) is 0 Å². The molecule has 0 saturated carbocycles.